The fourth-order valence-electron chi connectivity index (χ4n) is 1.42. The van der Waals surface area contributed by atoms with E-state index in [1.165, 1.54) is 0 Å². The number of hydrogen-bond acceptors (Lipinski definition) is 4. The van der Waals surface area contributed by atoms with Crippen LogP contribution in [0.5, 0.6) is 0 Å². The van der Waals surface area contributed by atoms with Crippen LogP contribution in [0.25, 0.3) is 11.4 Å². The highest BCUT2D eigenvalue weighted by atomic mass is 35.5. The number of halogens is 1. The van der Waals surface area contributed by atoms with E-state index in [1.807, 2.05) is 18.2 Å². The van der Waals surface area contributed by atoms with Gasteiger partial charge in [0.1, 0.15) is 0 Å². The monoisotopic (exact) mass is 265 g/mol. The van der Waals surface area contributed by atoms with E-state index in [-0.39, 0.29) is 5.54 Å². The molecule has 0 amide bonds. The maximum absolute atomic E-state index is 6.08. The van der Waals surface area contributed by atoms with E-state index < -0.39 is 0 Å². The summed E-state index contributed by atoms with van der Waals surface area (Å²) in [4.78, 5) is 4.32. The summed E-state index contributed by atoms with van der Waals surface area (Å²) < 4.78 is 5.19. The fraction of sp³-hybridized carbons (Fsp3) is 0.385. The van der Waals surface area contributed by atoms with E-state index >= 15 is 0 Å². The highest BCUT2D eigenvalue weighted by molar-refractivity contribution is 6.33. The summed E-state index contributed by atoms with van der Waals surface area (Å²) in [5.41, 5.74) is 0.795. The summed E-state index contributed by atoms with van der Waals surface area (Å²) in [5, 5.41) is 7.84. The first-order valence-corrected chi connectivity index (χ1v) is 6.16. The molecule has 0 saturated heterocycles. The van der Waals surface area contributed by atoms with Crippen LogP contribution >= 0.6 is 11.6 Å². The zero-order valence-electron chi connectivity index (χ0n) is 10.7. The van der Waals surface area contributed by atoms with Gasteiger partial charge in [0.2, 0.25) is 11.7 Å². The molecule has 0 aliphatic heterocycles. The summed E-state index contributed by atoms with van der Waals surface area (Å²) in [6.07, 6.45) is 0. The molecule has 0 bridgehead atoms. The summed E-state index contributed by atoms with van der Waals surface area (Å²) >= 11 is 6.08. The number of rotatable bonds is 3. The third kappa shape index (κ3) is 3.31. The Labute approximate surface area is 111 Å². The van der Waals surface area contributed by atoms with Gasteiger partial charge < -0.3 is 9.84 Å². The third-order valence-electron chi connectivity index (χ3n) is 2.35. The molecule has 0 radical (unpaired) electrons. The van der Waals surface area contributed by atoms with Crippen LogP contribution in [0.1, 0.15) is 26.7 Å². The molecule has 96 valence electrons. The van der Waals surface area contributed by atoms with Crippen LogP contribution in [-0.4, -0.2) is 15.7 Å². The van der Waals surface area contributed by atoms with Crippen LogP contribution in [0.2, 0.25) is 5.02 Å². The van der Waals surface area contributed by atoms with E-state index in [4.69, 9.17) is 16.1 Å². The molecular formula is C13H16ClN3O. The van der Waals surface area contributed by atoms with Crippen LogP contribution in [0.15, 0.2) is 28.8 Å². The lowest BCUT2D eigenvalue weighted by Gasteiger charge is -2.18. The van der Waals surface area contributed by atoms with Gasteiger partial charge in [-0.05, 0) is 32.9 Å². The molecule has 0 aliphatic carbocycles. The van der Waals surface area contributed by atoms with Gasteiger partial charge in [-0.1, -0.05) is 28.9 Å². The van der Waals surface area contributed by atoms with E-state index in [9.17, 15) is 0 Å². The van der Waals surface area contributed by atoms with Crippen molar-refractivity contribution in [3.05, 3.63) is 35.2 Å². The molecule has 0 fully saturated rings. The Hall–Kier alpha value is -1.39. The second-order valence-electron chi connectivity index (χ2n) is 5.10. The number of nitrogens with zero attached hydrogens (tertiary/aromatic N) is 2. The Kier molecular flexibility index (Phi) is 3.68. The van der Waals surface area contributed by atoms with Gasteiger partial charge in [-0.15, -0.1) is 0 Å². The molecule has 0 atom stereocenters. The highest BCUT2D eigenvalue weighted by Crippen LogP contribution is 2.24. The Morgan fingerprint density at radius 1 is 1.28 bits per heavy atom. The molecule has 4 nitrogen and oxygen atoms in total. The van der Waals surface area contributed by atoms with Crippen molar-refractivity contribution in [2.75, 3.05) is 0 Å². The van der Waals surface area contributed by atoms with Crippen LogP contribution in [0.3, 0.4) is 0 Å². The van der Waals surface area contributed by atoms with Gasteiger partial charge in [0.25, 0.3) is 0 Å². The summed E-state index contributed by atoms with van der Waals surface area (Å²) in [6.45, 7) is 6.79. The molecule has 0 spiro atoms. The fourth-order valence-corrected chi connectivity index (χ4v) is 1.64. The minimum absolute atomic E-state index is 0.0129. The number of nitrogens with one attached hydrogen (secondary N) is 1. The minimum atomic E-state index is 0.0129. The molecule has 2 rings (SSSR count). The maximum Gasteiger partial charge on any atom is 0.240 e. The van der Waals surface area contributed by atoms with Crippen molar-refractivity contribution in [3.63, 3.8) is 0 Å². The number of hydrogen-bond donors (Lipinski definition) is 1. The molecule has 1 aromatic heterocycles. The van der Waals surface area contributed by atoms with Gasteiger partial charge in [-0.2, -0.15) is 4.98 Å². The molecular weight excluding hydrogens is 250 g/mol. The Balaban J connectivity index is 2.14. The highest BCUT2D eigenvalue weighted by Gasteiger charge is 2.14. The average Bonchev–Trinajstić information content (AvgIpc) is 2.75. The first kappa shape index (κ1) is 13.1. The lowest BCUT2D eigenvalue weighted by Crippen LogP contribution is -2.35. The summed E-state index contributed by atoms with van der Waals surface area (Å²) in [7, 11) is 0. The van der Waals surface area contributed by atoms with Crippen molar-refractivity contribution in [1.29, 1.82) is 0 Å². The lowest BCUT2D eigenvalue weighted by atomic mass is 10.1. The van der Waals surface area contributed by atoms with E-state index in [0.717, 1.165) is 5.56 Å². The van der Waals surface area contributed by atoms with Crippen molar-refractivity contribution in [2.24, 2.45) is 0 Å². The number of benzene rings is 1. The molecule has 2 aromatic rings. The second-order valence-corrected chi connectivity index (χ2v) is 5.50. The SMILES string of the molecule is CC(C)(C)NCc1nc(-c2ccccc2Cl)no1. The van der Waals surface area contributed by atoms with Gasteiger partial charge in [-0.25, -0.2) is 0 Å². The van der Waals surface area contributed by atoms with Crippen LogP contribution in [0.4, 0.5) is 0 Å². The quantitative estimate of drug-likeness (QED) is 0.925. The number of aromatic nitrogens is 2. The second kappa shape index (κ2) is 5.08. The van der Waals surface area contributed by atoms with Crippen LogP contribution in [-0.2, 0) is 6.54 Å². The predicted octanol–water partition coefficient (Wildman–Crippen LogP) is 3.28. The van der Waals surface area contributed by atoms with Crippen molar-refractivity contribution in [1.82, 2.24) is 15.5 Å². The Morgan fingerprint density at radius 2 is 2.00 bits per heavy atom. The smallest absolute Gasteiger partial charge is 0.240 e. The third-order valence-corrected chi connectivity index (χ3v) is 2.68. The Bertz CT molecular complexity index is 531. The summed E-state index contributed by atoms with van der Waals surface area (Å²) in [5.74, 6) is 1.08. The molecule has 18 heavy (non-hydrogen) atoms. The van der Waals surface area contributed by atoms with Crippen LogP contribution < -0.4 is 5.32 Å². The van der Waals surface area contributed by atoms with Crippen LogP contribution in [0, 0.1) is 0 Å². The largest absolute Gasteiger partial charge is 0.338 e. The standard InChI is InChI=1S/C13H16ClN3O/c1-13(2,3)15-8-11-16-12(17-18-11)9-6-4-5-7-10(9)14/h4-7,15H,8H2,1-3H3. The molecule has 1 aromatic carbocycles. The van der Waals surface area contributed by atoms with Gasteiger partial charge in [0.05, 0.1) is 11.6 Å². The van der Waals surface area contributed by atoms with Crippen molar-refractivity contribution >= 4 is 11.6 Å². The van der Waals surface area contributed by atoms with E-state index in [1.54, 1.807) is 6.07 Å². The maximum atomic E-state index is 6.08. The van der Waals surface area contributed by atoms with Crippen molar-refractivity contribution < 1.29 is 4.52 Å². The van der Waals surface area contributed by atoms with Gasteiger partial charge in [0.15, 0.2) is 0 Å². The lowest BCUT2D eigenvalue weighted by molar-refractivity contribution is 0.336. The molecule has 0 unspecified atom stereocenters. The summed E-state index contributed by atoms with van der Waals surface area (Å²) in [6, 6.07) is 7.44. The molecule has 1 N–H and O–H groups in total. The topological polar surface area (TPSA) is 51.0 Å². The Morgan fingerprint density at radius 3 is 2.67 bits per heavy atom. The molecule has 0 saturated carbocycles. The van der Waals surface area contributed by atoms with Gasteiger partial charge in [0, 0.05) is 11.1 Å². The molecule has 1 heterocycles. The normalized spacial score (nSPS) is 11.8. The average molecular weight is 266 g/mol. The minimum Gasteiger partial charge on any atom is -0.338 e. The van der Waals surface area contributed by atoms with Gasteiger partial charge in [-0.3, -0.25) is 0 Å². The predicted molar refractivity (Wildman–Crippen MR) is 71.3 cm³/mol. The van der Waals surface area contributed by atoms with Gasteiger partial charge >= 0.3 is 0 Å². The molecule has 0 aliphatic rings. The van der Waals surface area contributed by atoms with E-state index in [0.29, 0.717) is 23.3 Å². The first-order valence-electron chi connectivity index (χ1n) is 5.78. The van der Waals surface area contributed by atoms with Crippen molar-refractivity contribution in [2.45, 2.75) is 32.9 Å². The van der Waals surface area contributed by atoms with E-state index in [2.05, 4.69) is 36.2 Å². The van der Waals surface area contributed by atoms with Crippen molar-refractivity contribution in [3.8, 4) is 11.4 Å². The first-order chi connectivity index (χ1) is 8.46. The molecule has 5 heteroatoms. The zero-order valence-corrected chi connectivity index (χ0v) is 11.5. The zero-order chi connectivity index (χ0) is 13.2.